The van der Waals surface area contributed by atoms with Crippen LogP contribution in [0.25, 0.3) is 0 Å². The molecule has 0 aliphatic heterocycles. The van der Waals surface area contributed by atoms with E-state index in [4.69, 9.17) is 5.11 Å². The van der Waals surface area contributed by atoms with E-state index in [1.807, 2.05) is 0 Å². The Balaban J connectivity index is 2.23. The molecule has 2 aromatic carbocycles. The number of benzene rings is 2. The van der Waals surface area contributed by atoms with Gasteiger partial charge < -0.3 is 15.2 Å². The summed E-state index contributed by atoms with van der Waals surface area (Å²) in [5.74, 6) is -2.34. The summed E-state index contributed by atoms with van der Waals surface area (Å²) in [4.78, 5) is 11.9. The number of anilines is 1. The number of halogens is 3. The van der Waals surface area contributed by atoms with Crippen LogP contribution >= 0.6 is 0 Å². The molecule has 0 radical (unpaired) electrons. The van der Waals surface area contributed by atoms with Crippen molar-refractivity contribution in [3.63, 3.8) is 0 Å². The summed E-state index contributed by atoms with van der Waals surface area (Å²) in [7, 11) is 0. The number of hydrogen-bond acceptors (Lipinski definition) is 3. The Morgan fingerprint density at radius 1 is 1.19 bits per heavy atom. The number of phenols is 1. The van der Waals surface area contributed by atoms with Gasteiger partial charge in [0.2, 0.25) is 0 Å². The summed E-state index contributed by atoms with van der Waals surface area (Å²) in [5, 5.41) is 11.4. The Morgan fingerprint density at radius 2 is 1.90 bits per heavy atom. The molecule has 21 heavy (non-hydrogen) atoms. The highest BCUT2D eigenvalue weighted by Gasteiger charge is 2.15. The van der Waals surface area contributed by atoms with Crippen molar-refractivity contribution in [3.05, 3.63) is 53.8 Å². The number of amides is 1. The minimum Gasteiger partial charge on any atom is -0.508 e. The third-order valence-corrected chi connectivity index (χ3v) is 2.55. The van der Waals surface area contributed by atoms with Crippen molar-refractivity contribution in [2.75, 3.05) is 5.32 Å². The van der Waals surface area contributed by atoms with Crippen LogP contribution in [0.1, 0.15) is 10.4 Å². The average molecular weight is 297 g/mol. The van der Waals surface area contributed by atoms with Gasteiger partial charge in [-0.25, -0.2) is 4.39 Å². The molecule has 2 aromatic rings. The number of carbonyl (C=O) groups is 1. The lowest BCUT2D eigenvalue weighted by atomic mass is 10.2. The molecule has 7 heteroatoms. The number of para-hydroxylation sites is 2. The van der Waals surface area contributed by atoms with Crippen LogP contribution in [0.3, 0.4) is 0 Å². The summed E-state index contributed by atoms with van der Waals surface area (Å²) >= 11 is 0. The molecule has 0 aromatic heterocycles. The highest BCUT2D eigenvalue weighted by atomic mass is 19.3. The van der Waals surface area contributed by atoms with Gasteiger partial charge in [-0.05, 0) is 24.3 Å². The van der Waals surface area contributed by atoms with Crippen LogP contribution in [0.2, 0.25) is 0 Å². The van der Waals surface area contributed by atoms with E-state index < -0.39 is 18.3 Å². The number of hydrogen-bond donors (Lipinski definition) is 2. The molecular formula is C14H10F3NO3. The van der Waals surface area contributed by atoms with Crippen LogP contribution in [0.4, 0.5) is 18.9 Å². The lowest BCUT2D eigenvalue weighted by molar-refractivity contribution is -0.0493. The molecule has 0 bridgehead atoms. The molecule has 0 spiro atoms. The Labute approximate surface area is 117 Å². The quantitative estimate of drug-likeness (QED) is 0.909. The Kier molecular flexibility index (Phi) is 4.32. The first-order chi connectivity index (χ1) is 9.97. The maximum atomic E-state index is 13.5. The lowest BCUT2D eigenvalue weighted by Gasteiger charge is -2.12. The summed E-state index contributed by atoms with van der Waals surface area (Å²) in [6.07, 6.45) is 0. The zero-order valence-electron chi connectivity index (χ0n) is 10.5. The minimum absolute atomic E-state index is 0.0183. The van der Waals surface area contributed by atoms with Crippen molar-refractivity contribution in [2.24, 2.45) is 0 Å². The molecule has 1 amide bonds. The number of carbonyl (C=O) groups excluding carboxylic acids is 1. The summed E-state index contributed by atoms with van der Waals surface area (Å²) in [5.41, 5.74) is -0.352. The standard InChI is InChI=1S/C14H10F3NO3/c15-10-7-8(19)5-6-9(10)13(20)18-11-3-1-2-4-12(11)21-14(16)17/h1-7,14,19H,(H,18,20). The Hall–Kier alpha value is -2.70. The van der Waals surface area contributed by atoms with Crippen LogP contribution in [-0.2, 0) is 0 Å². The van der Waals surface area contributed by atoms with Gasteiger partial charge in [0.05, 0.1) is 11.3 Å². The van der Waals surface area contributed by atoms with Crippen LogP contribution in [0.5, 0.6) is 11.5 Å². The number of phenolic OH excluding ortho intramolecular Hbond substituents is 1. The van der Waals surface area contributed by atoms with Crippen molar-refractivity contribution >= 4 is 11.6 Å². The smallest absolute Gasteiger partial charge is 0.387 e. The average Bonchev–Trinajstić information content (AvgIpc) is 2.40. The summed E-state index contributed by atoms with van der Waals surface area (Å²) < 4.78 is 42.3. The predicted molar refractivity (Wildman–Crippen MR) is 69.1 cm³/mol. The zero-order chi connectivity index (χ0) is 15.4. The Morgan fingerprint density at radius 3 is 2.57 bits per heavy atom. The van der Waals surface area contributed by atoms with E-state index in [2.05, 4.69) is 10.1 Å². The molecule has 110 valence electrons. The molecule has 0 saturated carbocycles. The van der Waals surface area contributed by atoms with E-state index >= 15 is 0 Å². The fourth-order valence-corrected chi connectivity index (χ4v) is 1.65. The van der Waals surface area contributed by atoms with Gasteiger partial charge in [-0.3, -0.25) is 4.79 Å². The number of rotatable bonds is 4. The fourth-order valence-electron chi connectivity index (χ4n) is 1.65. The van der Waals surface area contributed by atoms with Crippen LogP contribution in [-0.4, -0.2) is 17.6 Å². The molecular weight excluding hydrogens is 287 g/mol. The van der Waals surface area contributed by atoms with E-state index in [9.17, 15) is 18.0 Å². The van der Waals surface area contributed by atoms with Gasteiger partial charge in [-0.15, -0.1) is 0 Å². The third-order valence-electron chi connectivity index (χ3n) is 2.55. The molecule has 0 saturated heterocycles. The largest absolute Gasteiger partial charge is 0.508 e. The molecule has 0 aliphatic rings. The monoisotopic (exact) mass is 297 g/mol. The predicted octanol–water partition coefficient (Wildman–Crippen LogP) is 3.39. The summed E-state index contributed by atoms with van der Waals surface area (Å²) in [6.45, 7) is -3.05. The van der Waals surface area contributed by atoms with Crippen molar-refractivity contribution in [3.8, 4) is 11.5 Å². The second kappa shape index (κ2) is 6.17. The van der Waals surface area contributed by atoms with Crippen molar-refractivity contribution in [1.82, 2.24) is 0 Å². The topological polar surface area (TPSA) is 58.6 Å². The molecule has 0 unspecified atom stereocenters. The van der Waals surface area contributed by atoms with Gasteiger partial charge in [-0.2, -0.15) is 8.78 Å². The molecule has 2 N–H and O–H groups in total. The molecule has 4 nitrogen and oxygen atoms in total. The molecule has 0 aliphatic carbocycles. The van der Waals surface area contributed by atoms with E-state index in [0.717, 1.165) is 18.2 Å². The number of nitrogens with one attached hydrogen (secondary N) is 1. The third kappa shape index (κ3) is 3.65. The summed E-state index contributed by atoms with van der Waals surface area (Å²) in [6, 6.07) is 8.53. The maximum Gasteiger partial charge on any atom is 0.387 e. The molecule has 0 atom stereocenters. The second-order valence-electron chi connectivity index (χ2n) is 3.99. The molecule has 0 fully saturated rings. The normalized spacial score (nSPS) is 10.5. The highest BCUT2D eigenvalue weighted by molar-refractivity contribution is 6.05. The number of ether oxygens (including phenoxy) is 1. The van der Waals surface area contributed by atoms with E-state index in [1.165, 1.54) is 24.3 Å². The van der Waals surface area contributed by atoms with Gasteiger partial charge in [0.15, 0.2) is 0 Å². The van der Waals surface area contributed by atoms with Crippen molar-refractivity contribution in [1.29, 1.82) is 0 Å². The molecule has 0 heterocycles. The first kappa shape index (κ1) is 14.7. The maximum absolute atomic E-state index is 13.5. The van der Waals surface area contributed by atoms with Crippen LogP contribution in [0.15, 0.2) is 42.5 Å². The van der Waals surface area contributed by atoms with Gasteiger partial charge in [-0.1, -0.05) is 12.1 Å². The number of alkyl halides is 2. The first-order valence-corrected chi connectivity index (χ1v) is 5.81. The van der Waals surface area contributed by atoms with Gasteiger partial charge in [0, 0.05) is 6.07 Å². The lowest BCUT2D eigenvalue weighted by Crippen LogP contribution is -2.15. The number of aromatic hydroxyl groups is 1. The minimum atomic E-state index is -3.05. The molecule has 2 rings (SSSR count). The van der Waals surface area contributed by atoms with Gasteiger partial charge in [0.1, 0.15) is 17.3 Å². The SMILES string of the molecule is O=C(Nc1ccccc1OC(F)F)c1ccc(O)cc1F. The Bertz CT molecular complexity index is 662. The van der Waals surface area contributed by atoms with E-state index in [1.54, 1.807) is 0 Å². The fraction of sp³-hybridized carbons (Fsp3) is 0.0714. The first-order valence-electron chi connectivity index (χ1n) is 5.81. The van der Waals surface area contributed by atoms with Crippen molar-refractivity contribution < 1.29 is 27.8 Å². The van der Waals surface area contributed by atoms with Gasteiger partial charge in [0.25, 0.3) is 5.91 Å². The second-order valence-corrected chi connectivity index (χ2v) is 3.99. The van der Waals surface area contributed by atoms with Crippen molar-refractivity contribution in [2.45, 2.75) is 6.61 Å². The van der Waals surface area contributed by atoms with Gasteiger partial charge >= 0.3 is 6.61 Å². The van der Waals surface area contributed by atoms with Crippen LogP contribution < -0.4 is 10.1 Å². The highest BCUT2D eigenvalue weighted by Crippen LogP contribution is 2.26. The zero-order valence-corrected chi connectivity index (χ0v) is 10.5. The van der Waals surface area contributed by atoms with E-state index in [-0.39, 0.29) is 22.7 Å². The van der Waals surface area contributed by atoms with E-state index in [0.29, 0.717) is 0 Å². The van der Waals surface area contributed by atoms with Crippen LogP contribution in [0, 0.1) is 5.82 Å².